The number of amides is 2. The van der Waals surface area contributed by atoms with Gasteiger partial charge in [0.2, 0.25) is 0 Å². The third-order valence-electron chi connectivity index (χ3n) is 5.15. The van der Waals surface area contributed by atoms with Gasteiger partial charge in [-0.2, -0.15) is 0 Å². The first-order valence-electron chi connectivity index (χ1n) is 10.8. The molecular formula is C26H29N3O2. The molecule has 3 rings (SSSR count). The van der Waals surface area contributed by atoms with E-state index in [0.29, 0.717) is 24.2 Å². The van der Waals surface area contributed by atoms with Gasteiger partial charge in [-0.25, -0.2) is 0 Å². The van der Waals surface area contributed by atoms with E-state index in [1.165, 1.54) is 0 Å². The molecule has 0 bridgehead atoms. The summed E-state index contributed by atoms with van der Waals surface area (Å²) >= 11 is 0. The molecule has 3 aromatic rings. The molecule has 0 aliphatic rings. The highest BCUT2D eigenvalue weighted by Gasteiger charge is 2.10. The first kappa shape index (κ1) is 22.2. The monoisotopic (exact) mass is 415 g/mol. The molecule has 0 saturated heterocycles. The van der Waals surface area contributed by atoms with Crippen LogP contribution in [0.3, 0.4) is 0 Å². The summed E-state index contributed by atoms with van der Waals surface area (Å²) < 4.78 is 0. The number of aromatic nitrogens is 1. The lowest BCUT2D eigenvalue weighted by molar-refractivity contribution is 0.0943. The van der Waals surface area contributed by atoms with Crippen LogP contribution in [0.4, 0.5) is 0 Å². The molecule has 5 heteroatoms. The molecule has 0 atom stereocenters. The van der Waals surface area contributed by atoms with Crippen molar-refractivity contribution in [2.45, 2.75) is 32.6 Å². The Morgan fingerprint density at radius 3 is 2.13 bits per heavy atom. The van der Waals surface area contributed by atoms with Gasteiger partial charge in [-0.15, -0.1) is 0 Å². The normalized spacial score (nSPS) is 10.5. The minimum atomic E-state index is -0.0506. The molecular weight excluding hydrogens is 386 g/mol. The lowest BCUT2D eigenvalue weighted by Gasteiger charge is -2.10. The Kier molecular flexibility index (Phi) is 8.35. The van der Waals surface area contributed by atoms with Gasteiger partial charge in [0.05, 0.1) is 5.69 Å². The Balaban J connectivity index is 1.35. The maximum atomic E-state index is 12.6. The number of unbranched alkanes of at least 4 members (excludes halogenated alkanes) is 3. The van der Waals surface area contributed by atoms with E-state index >= 15 is 0 Å². The van der Waals surface area contributed by atoms with Gasteiger partial charge in [0.15, 0.2) is 0 Å². The van der Waals surface area contributed by atoms with Crippen LogP contribution in [0.15, 0.2) is 72.9 Å². The Bertz CT molecular complexity index is 988. The summed E-state index contributed by atoms with van der Waals surface area (Å²) in [5.41, 5.74) is 4.12. The highest BCUT2D eigenvalue weighted by molar-refractivity contribution is 5.96. The van der Waals surface area contributed by atoms with Crippen LogP contribution in [0.5, 0.6) is 0 Å². The fourth-order valence-corrected chi connectivity index (χ4v) is 3.35. The summed E-state index contributed by atoms with van der Waals surface area (Å²) in [4.78, 5) is 28.9. The highest BCUT2D eigenvalue weighted by atomic mass is 16.2. The van der Waals surface area contributed by atoms with Crippen molar-refractivity contribution in [3.8, 4) is 11.3 Å². The molecule has 0 fully saturated rings. The summed E-state index contributed by atoms with van der Waals surface area (Å²) in [6, 6.07) is 20.9. The Morgan fingerprint density at radius 2 is 1.45 bits per heavy atom. The Labute approximate surface area is 183 Å². The largest absolute Gasteiger partial charge is 0.352 e. The second kappa shape index (κ2) is 11.6. The first-order chi connectivity index (χ1) is 15.1. The Hall–Kier alpha value is -3.47. The predicted molar refractivity (Wildman–Crippen MR) is 124 cm³/mol. The van der Waals surface area contributed by atoms with Crippen molar-refractivity contribution >= 4 is 11.8 Å². The van der Waals surface area contributed by atoms with Gasteiger partial charge in [0.25, 0.3) is 11.8 Å². The van der Waals surface area contributed by atoms with Crippen molar-refractivity contribution in [2.24, 2.45) is 0 Å². The highest BCUT2D eigenvalue weighted by Crippen LogP contribution is 2.20. The number of aryl methyl sites for hydroxylation is 1. The van der Waals surface area contributed by atoms with Gasteiger partial charge >= 0.3 is 0 Å². The summed E-state index contributed by atoms with van der Waals surface area (Å²) in [7, 11) is 0. The fourth-order valence-electron chi connectivity index (χ4n) is 3.35. The fraction of sp³-hybridized carbons (Fsp3) is 0.269. The van der Waals surface area contributed by atoms with Crippen molar-refractivity contribution in [1.29, 1.82) is 0 Å². The van der Waals surface area contributed by atoms with Gasteiger partial charge in [-0.1, -0.05) is 49.2 Å². The number of hydrogen-bond acceptors (Lipinski definition) is 3. The smallest absolute Gasteiger partial charge is 0.251 e. The van der Waals surface area contributed by atoms with Crippen LogP contribution in [-0.4, -0.2) is 29.9 Å². The van der Waals surface area contributed by atoms with Crippen LogP contribution in [-0.2, 0) is 0 Å². The number of rotatable bonds is 10. The van der Waals surface area contributed by atoms with Crippen LogP contribution in [0, 0.1) is 6.92 Å². The second-order valence-corrected chi connectivity index (χ2v) is 7.54. The molecule has 0 spiro atoms. The molecule has 31 heavy (non-hydrogen) atoms. The number of nitrogens with one attached hydrogen (secondary N) is 2. The van der Waals surface area contributed by atoms with E-state index in [0.717, 1.165) is 42.5 Å². The van der Waals surface area contributed by atoms with Gasteiger partial charge in [-0.05, 0) is 55.7 Å². The lowest BCUT2D eigenvalue weighted by atomic mass is 10.0. The third-order valence-corrected chi connectivity index (χ3v) is 5.15. The minimum Gasteiger partial charge on any atom is -0.352 e. The van der Waals surface area contributed by atoms with Crippen LogP contribution in [0.2, 0.25) is 0 Å². The second-order valence-electron chi connectivity index (χ2n) is 7.54. The number of carbonyl (C=O) groups is 2. The van der Waals surface area contributed by atoms with Crippen molar-refractivity contribution in [3.63, 3.8) is 0 Å². The molecule has 5 nitrogen and oxygen atoms in total. The van der Waals surface area contributed by atoms with Crippen molar-refractivity contribution in [2.75, 3.05) is 13.1 Å². The van der Waals surface area contributed by atoms with E-state index < -0.39 is 0 Å². The number of pyridine rings is 1. The van der Waals surface area contributed by atoms with Crippen LogP contribution >= 0.6 is 0 Å². The molecule has 0 radical (unpaired) electrons. The summed E-state index contributed by atoms with van der Waals surface area (Å²) in [5.74, 6) is -0.0819. The Morgan fingerprint density at radius 1 is 0.774 bits per heavy atom. The topological polar surface area (TPSA) is 71.1 Å². The predicted octanol–water partition coefficient (Wildman–Crippen LogP) is 4.78. The lowest BCUT2D eigenvalue weighted by Crippen LogP contribution is -2.25. The molecule has 2 aromatic carbocycles. The van der Waals surface area contributed by atoms with E-state index in [1.54, 1.807) is 6.20 Å². The molecule has 0 aliphatic carbocycles. The zero-order valence-electron chi connectivity index (χ0n) is 17.9. The number of carbonyl (C=O) groups excluding carboxylic acids is 2. The summed E-state index contributed by atoms with van der Waals surface area (Å²) in [6.45, 7) is 3.25. The van der Waals surface area contributed by atoms with Gasteiger partial charge in [0, 0.05) is 36.0 Å². The van der Waals surface area contributed by atoms with Gasteiger partial charge in [0.1, 0.15) is 0 Å². The molecule has 1 heterocycles. The maximum absolute atomic E-state index is 12.6. The first-order valence-corrected chi connectivity index (χ1v) is 10.8. The van der Waals surface area contributed by atoms with E-state index in [2.05, 4.69) is 15.6 Å². The standard InChI is InChI=1S/C26H29N3O2/c1-20-14-15-22(24-13-7-10-16-27-24)19-23(20)26(31)29-18-9-3-2-8-17-28-25(30)21-11-5-4-6-12-21/h4-7,10-16,19H,2-3,8-9,17-18H2,1H3,(H,28,30)(H,29,31). The van der Waals surface area contributed by atoms with Crippen LogP contribution in [0.25, 0.3) is 11.3 Å². The number of nitrogens with zero attached hydrogens (tertiary/aromatic N) is 1. The molecule has 0 aliphatic heterocycles. The third kappa shape index (κ3) is 6.78. The quantitative estimate of drug-likeness (QED) is 0.468. The molecule has 0 unspecified atom stereocenters. The van der Waals surface area contributed by atoms with E-state index in [1.807, 2.05) is 73.7 Å². The molecule has 160 valence electrons. The van der Waals surface area contributed by atoms with E-state index in [9.17, 15) is 9.59 Å². The van der Waals surface area contributed by atoms with Crippen LogP contribution in [0.1, 0.15) is 52.0 Å². The minimum absolute atomic E-state index is 0.0313. The zero-order valence-corrected chi connectivity index (χ0v) is 17.9. The van der Waals surface area contributed by atoms with Crippen molar-refractivity contribution in [1.82, 2.24) is 15.6 Å². The molecule has 2 N–H and O–H groups in total. The van der Waals surface area contributed by atoms with Gasteiger partial charge in [-0.3, -0.25) is 14.6 Å². The molecule has 1 aromatic heterocycles. The summed E-state index contributed by atoms with van der Waals surface area (Å²) in [6.07, 6.45) is 5.62. The average molecular weight is 416 g/mol. The van der Waals surface area contributed by atoms with E-state index in [4.69, 9.17) is 0 Å². The van der Waals surface area contributed by atoms with E-state index in [-0.39, 0.29) is 11.8 Å². The summed E-state index contributed by atoms with van der Waals surface area (Å²) in [5, 5.41) is 5.96. The van der Waals surface area contributed by atoms with Crippen molar-refractivity contribution in [3.05, 3.63) is 89.6 Å². The van der Waals surface area contributed by atoms with Crippen molar-refractivity contribution < 1.29 is 9.59 Å². The molecule has 0 saturated carbocycles. The number of benzene rings is 2. The van der Waals surface area contributed by atoms with Gasteiger partial charge < -0.3 is 10.6 Å². The maximum Gasteiger partial charge on any atom is 0.251 e. The zero-order chi connectivity index (χ0) is 21.9. The van der Waals surface area contributed by atoms with Crippen LogP contribution < -0.4 is 10.6 Å². The number of hydrogen-bond donors (Lipinski definition) is 2. The molecule has 2 amide bonds. The average Bonchev–Trinajstić information content (AvgIpc) is 2.82. The SMILES string of the molecule is Cc1ccc(-c2ccccn2)cc1C(=O)NCCCCCCNC(=O)c1ccccc1.